The van der Waals surface area contributed by atoms with Crippen LogP contribution in [0.3, 0.4) is 0 Å². The van der Waals surface area contributed by atoms with Crippen molar-refractivity contribution in [2.24, 2.45) is 0 Å². The number of fused-ring (bicyclic) bond motifs is 1. The van der Waals surface area contributed by atoms with E-state index in [9.17, 15) is 14.3 Å². The Balaban J connectivity index is 2.17. The molecule has 0 radical (unpaired) electrons. The molecule has 0 aliphatic carbocycles. The first-order valence-electron chi connectivity index (χ1n) is 6.18. The highest BCUT2D eigenvalue weighted by Crippen LogP contribution is 2.27. The second-order valence-corrected chi connectivity index (χ2v) is 4.53. The van der Waals surface area contributed by atoms with Crippen LogP contribution < -0.4 is 0 Å². The lowest BCUT2D eigenvalue weighted by Gasteiger charge is -2.07. The van der Waals surface area contributed by atoms with Crippen LogP contribution in [-0.4, -0.2) is 10.9 Å². The maximum atomic E-state index is 13.7. The van der Waals surface area contributed by atoms with Crippen LogP contribution in [-0.2, 0) is 0 Å². The Morgan fingerprint density at radius 2 is 1.45 bits per heavy atom. The van der Waals surface area contributed by atoms with Crippen molar-refractivity contribution in [3.63, 3.8) is 0 Å². The van der Waals surface area contributed by atoms with Crippen molar-refractivity contribution >= 4 is 16.6 Å². The van der Waals surface area contributed by atoms with E-state index in [2.05, 4.69) is 0 Å². The van der Waals surface area contributed by atoms with Gasteiger partial charge in [-0.3, -0.25) is 4.79 Å². The molecule has 0 atom stereocenters. The molecule has 0 aliphatic heterocycles. The molecule has 2 nitrogen and oxygen atoms in total. The largest absolute Gasteiger partial charge is 0.507 e. The Morgan fingerprint density at radius 1 is 0.850 bits per heavy atom. The summed E-state index contributed by atoms with van der Waals surface area (Å²) in [5.74, 6) is -1.26. The number of phenols is 1. The zero-order chi connectivity index (χ0) is 14.1. The summed E-state index contributed by atoms with van der Waals surface area (Å²) < 4.78 is 13.7. The van der Waals surface area contributed by atoms with Crippen molar-refractivity contribution in [3.8, 4) is 5.75 Å². The van der Waals surface area contributed by atoms with Crippen molar-refractivity contribution < 1.29 is 14.3 Å². The molecule has 0 fully saturated rings. The summed E-state index contributed by atoms with van der Waals surface area (Å²) in [6.45, 7) is 0. The molecule has 0 aromatic heterocycles. The van der Waals surface area contributed by atoms with Crippen molar-refractivity contribution in [3.05, 3.63) is 77.6 Å². The average Bonchev–Trinajstić information content (AvgIpc) is 2.46. The minimum Gasteiger partial charge on any atom is -0.507 e. The lowest BCUT2D eigenvalue weighted by molar-refractivity contribution is 0.103. The van der Waals surface area contributed by atoms with Crippen LogP contribution in [0.5, 0.6) is 5.75 Å². The topological polar surface area (TPSA) is 37.3 Å². The van der Waals surface area contributed by atoms with Crippen LogP contribution in [0.25, 0.3) is 10.8 Å². The Bertz CT molecular complexity index is 809. The molecular formula is C17H11FO2. The molecule has 3 aromatic rings. The number of carbonyl (C=O) groups excluding carboxylic acids is 1. The minimum absolute atomic E-state index is 0.0434. The van der Waals surface area contributed by atoms with Crippen molar-refractivity contribution in [1.82, 2.24) is 0 Å². The van der Waals surface area contributed by atoms with E-state index in [1.165, 1.54) is 24.3 Å². The van der Waals surface area contributed by atoms with Gasteiger partial charge in [-0.15, -0.1) is 0 Å². The average molecular weight is 266 g/mol. The van der Waals surface area contributed by atoms with Gasteiger partial charge in [0.15, 0.2) is 5.78 Å². The van der Waals surface area contributed by atoms with E-state index in [1.807, 2.05) is 24.3 Å². The van der Waals surface area contributed by atoms with Gasteiger partial charge in [-0.1, -0.05) is 36.4 Å². The molecule has 0 aliphatic rings. The van der Waals surface area contributed by atoms with Crippen LogP contribution in [0.2, 0.25) is 0 Å². The lowest BCUT2D eigenvalue weighted by Crippen LogP contribution is -2.04. The molecule has 3 heteroatoms. The molecule has 0 bridgehead atoms. The number of aromatic hydroxyl groups is 1. The number of hydrogen-bond donors (Lipinski definition) is 1. The van der Waals surface area contributed by atoms with Gasteiger partial charge in [0.1, 0.15) is 11.6 Å². The van der Waals surface area contributed by atoms with Crippen molar-refractivity contribution in [2.75, 3.05) is 0 Å². The van der Waals surface area contributed by atoms with Crippen LogP contribution in [0, 0.1) is 5.82 Å². The molecule has 3 aromatic carbocycles. The third-order valence-corrected chi connectivity index (χ3v) is 3.23. The molecule has 0 spiro atoms. The first-order valence-corrected chi connectivity index (χ1v) is 6.18. The molecular weight excluding hydrogens is 255 g/mol. The first-order chi connectivity index (χ1) is 9.66. The van der Waals surface area contributed by atoms with Crippen LogP contribution in [0.4, 0.5) is 4.39 Å². The number of ketones is 1. The molecule has 98 valence electrons. The van der Waals surface area contributed by atoms with Gasteiger partial charge < -0.3 is 5.11 Å². The van der Waals surface area contributed by atoms with Gasteiger partial charge in [0.05, 0.1) is 11.1 Å². The van der Waals surface area contributed by atoms with Crippen molar-refractivity contribution in [2.45, 2.75) is 0 Å². The zero-order valence-corrected chi connectivity index (χ0v) is 10.5. The van der Waals surface area contributed by atoms with Gasteiger partial charge in [-0.2, -0.15) is 0 Å². The minimum atomic E-state index is -0.593. The summed E-state index contributed by atoms with van der Waals surface area (Å²) in [5, 5.41) is 11.6. The summed E-state index contributed by atoms with van der Waals surface area (Å²) in [7, 11) is 0. The molecule has 0 amide bonds. The Kier molecular flexibility index (Phi) is 2.95. The Hall–Kier alpha value is -2.68. The van der Waals surface area contributed by atoms with E-state index in [0.717, 1.165) is 10.8 Å². The van der Waals surface area contributed by atoms with Gasteiger partial charge in [0.25, 0.3) is 0 Å². The quantitative estimate of drug-likeness (QED) is 0.714. The molecule has 0 unspecified atom stereocenters. The maximum absolute atomic E-state index is 13.7. The number of phenolic OH excluding ortho intramolecular Hbond substituents is 1. The third-order valence-electron chi connectivity index (χ3n) is 3.23. The van der Waals surface area contributed by atoms with E-state index >= 15 is 0 Å². The van der Waals surface area contributed by atoms with Gasteiger partial charge in [0.2, 0.25) is 0 Å². The fourth-order valence-electron chi connectivity index (χ4n) is 2.20. The van der Waals surface area contributed by atoms with E-state index in [-0.39, 0.29) is 16.9 Å². The Labute approximate surface area is 115 Å². The van der Waals surface area contributed by atoms with E-state index < -0.39 is 11.6 Å². The van der Waals surface area contributed by atoms with E-state index in [4.69, 9.17) is 0 Å². The Morgan fingerprint density at radius 3 is 2.15 bits per heavy atom. The van der Waals surface area contributed by atoms with Gasteiger partial charge in [-0.25, -0.2) is 4.39 Å². The summed E-state index contributed by atoms with van der Waals surface area (Å²) in [4.78, 5) is 12.3. The van der Waals surface area contributed by atoms with Crippen molar-refractivity contribution in [1.29, 1.82) is 0 Å². The molecule has 0 saturated heterocycles. The normalized spacial score (nSPS) is 10.7. The molecule has 0 heterocycles. The van der Waals surface area contributed by atoms with E-state index in [0.29, 0.717) is 0 Å². The zero-order valence-electron chi connectivity index (χ0n) is 10.5. The predicted octanol–water partition coefficient (Wildman–Crippen LogP) is 3.92. The second kappa shape index (κ2) is 4.78. The van der Waals surface area contributed by atoms with E-state index in [1.54, 1.807) is 12.1 Å². The molecule has 3 rings (SSSR count). The standard InChI is InChI=1S/C17H11FO2/c18-15-8-4-3-7-13(15)17(20)14-9-11-5-1-2-6-12(11)10-16(14)19/h1-10,19H. The summed E-state index contributed by atoms with van der Waals surface area (Å²) >= 11 is 0. The van der Waals surface area contributed by atoms with Gasteiger partial charge in [-0.05, 0) is 35.0 Å². The monoisotopic (exact) mass is 266 g/mol. The number of carbonyl (C=O) groups is 1. The fraction of sp³-hybridized carbons (Fsp3) is 0. The predicted molar refractivity (Wildman–Crippen MR) is 75.4 cm³/mol. The number of benzene rings is 3. The number of halogens is 1. The fourth-order valence-corrected chi connectivity index (χ4v) is 2.20. The lowest BCUT2D eigenvalue weighted by atomic mass is 9.98. The molecule has 1 N–H and O–H groups in total. The van der Waals surface area contributed by atoms with Gasteiger partial charge >= 0.3 is 0 Å². The highest BCUT2D eigenvalue weighted by Gasteiger charge is 2.17. The summed E-state index contributed by atoms with van der Waals surface area (Å²) in [6, 6.07) is 16.2. The highest BCUT2D eigenvalue weighted by atomic mass is 19.1. The van der Waals surface area contributed by atoms with Crippen LogP contribution in [0.15, 0.2) is 60.7 Å². The maximum Gasteiger partial charge on any atom is 0.199 e. The molecule has 0 saturated carbocycles. The van der Waals surface area contributed by atoms with Gasteiger partial charge in [0, 0.05) is 0 Å². The number of hydrogen-bond acceptors (Lipinski definition) is 2. The molecule has 20 heavy (non-hydrogen) atoms. The van der Waals surface area contributed by atoms with Crippen LogP contribution in [0.1, 0.15) is 15.9 Å². The number of rotatable bonds is 2. The third kappa shape index (κ3) is 2.03. The SMILES string of the molecule is O=C(c1cc2ccccc2cc1O)c1ccccc1F. The second-order valence-electron chi connectivity index (χ2n) is 4.53. The highest BCUT2D eigenvalue weighted by molar-refractivity contribution is 6.12. The summed E-state index contributed by atoms with van der Waals surface area (Å²) in [6.07, 6.45) is 0. The first kappa shape index (κ1) is 12.4. The smallest absolute Gasteiger partial charge is 0.199 e. The summed E-state index contributed by atoms with van der Waals surface area (Å²) in [5.41, 5.74) is 0.0619. The van der Waals surface area contributed by atoms with Crippen LogP contribution >= 0.6 is 0 Å².